The molecule has 1 amide bonds. The molecule has 5 rings (SSSR count). The number of furan rings is 1. The van der Waals surface area contributed by atoms with E-state index in [9.17, 15) is 4.79 Å². The van der Waals surface area contributed by atoms with Gasteiger partial charge in [0.1, 0.15) is 5.58 Å². The summed E-state index contributed by atoms with van der Waals surface area (Å²) in [5, 5.41) is 6.16. The summed E-state index contributed by atoms with van der Waals surface area (Å²) in [6, 6.07) is 29.2. The van der Waals surface area contributed by atoms with Crippen molar-refractivity contribution in [3.8, 4) is 11.3 Å². The number of benzene rings is 4. The summed E-state index contributed by atoms with van der Waals surface area (Å²) in [5.41, 5.74) is 2.93. The first-order valence-corrected chi connectivity index (χ1v) is 10.1. The molecule has 1 aromatic heterocycles. The van der Waals surface area contributed by atoms with Gasteiger partial charge in [0, 0.05) is 15.6 Å². The maximum absolute atomic E-state index is 13.0. The van der Waals surface area contributed by atoms with E-state index in [1.807, 2.05) is 66.7 Å². The van der Waals surface area contributed by atoms with Crippen LogP contribution in [0.4, 0.5) is 5.69 Å². The van der Waals surface area contributed by atoms with Gasteiger partial charge < -0.3 is 9.73 Å². The molecule has 0 aliphatic rings. The lowest BCUT2D eigenvalue weighted by molar-refractivity contribution is 0.102. The lowest BCUT2D eigenvalue weighted by Crippen LogP contribution is -2.12. The van der Waals surface area contributed by atoms with Crippen LogP contribution in [0.15, 0.2) is 99.9 Å². The largest absolute Gasteiger partial charge is 0.454 e. The molecule has 0 fully saturated rings. The molecule has 0 saturated carbocycles. The maximum Gasteiger partial charge on any atom is 0.255 e. The third-order valence-electron chi connectivity index (χ3n) is 4.96. The highest BCUT2D eigenvalue weighted by Gasteiger charge is 2.20. The summed E-state index contributed by atoms with van der Waals surface area (Å²) >= 11 is 3.47. The van der Waals surface area contributed by atoms with Gasteiger partial charge in [0.25, 0.3) is 5.91 Å². The van der Waals surface area contributed by atoms with Gasteiger partial charge in [-0.05, 0) is 41.1 Å². The van der Waals surface area contributed by atoms with Crippen LogP contribution in [0.2, 0.25) is 0 Å². The van der Waals surface area contributed by atoms with Crippen LogP contribution in [0.1, 0.15) is 10.4 Å². The lowest BCUT2D eigenvalue weighted by atomic mass is 10.0. The molecular formula is C25H16BrNO2. The Hall–Kier alpha value is -3.37. The number of nitrogens with one attached hydrogen (secondary N) is 1. The van der Waals surface area contributed by atoms with Gasteiger partial charge in [0.15, 0.2) is 5.76 Å². The minimum absolute atomic E-state index is 0.167. The minimum atomic E-state index is -0.167. The summed E-state index contributed by atoms with van der Waals surface area (Å²) in [6.07, 6.45) is 0. The molecule has 0 bridgehead atoms. The monoisotopic (exact) mass is 441 g/mol. The van der Waals surface area contributed by atoms with Crippen LogP contribution in [-0.2, 0) is 0 Å². The first-order valence-electron chi connectivity index (χ1n) is 9.27. The smallest absolute Gasteiger partial charge is 0.255 e. The molecule has 1 heterocycles. The highest BCUT2D eigenvalue weighted by Crippen LogP contribution is 2.42. The molecule has 0 atom stereocenters. The van der Waals surface area contributed by atoms with Gasteiger partial charge in [-0.25, -0.2) is 0 Å². The summed E-state index contributed by atoms with van der Waals surface area (Å²) in [7, 11) is 0. The fourth-order valence-electron chi connectivity index (χ4n) is 3.57. The van der Waals surface area contributed by atoms with Crippen molar-refractivity contribution in [2.24, 2.45) is 0 Å². The fraction of sp³-hybridized carbons (Fsp3) is 0. The van der Waals surface area contributed by atoms with E-state index in [2.05, 4.69) is 33.4 Å². The second-order valence-electron chi connectivity index (χ2n) is 6.79. The van der Waals surface area contributed by atoms with Gasteiger partial charge in [-0.1, -0.05) is 76.6 Å². The van der Waals surface area contributed by atoms with Crippen LogP contribution < -0.4 is 5.32 Å². The number of rotatable bonds is 3. The Morgan fingerprint density at radius 3 is 2.31 bits per heavy atom. The maximum atomic E-state index is 13.0. The van der Waals surface area contributed by atoms with Crippen LogP contribution in [0, 0.1) is 0 Å². The second-order valence-corrected chi connectivity index (χ2v) is 7.71. The van der Waals surface area contributed by atoms with Crippen molar-refractivity contribution in [1.29, 1.82) is 0 Å². The number of halogens is 1. The average molecular weight is 442 g/mol. The standard InChI is InChI=1S/C25H16BrNO2/c26-19-13-10-17(11-14-19)24-23(27-25(28)18-7-2-1-3-8-18)22-20-9-5-4-6-16(20)12-15-21(22)29-24/h1-15H,(H,27,28). The van der Waals surface area contributed by atoms with Gasteiger partial charge in [0.05, 0.1) is 11.1 Å². The molecule has 0 aliphatic carbocycles. The molecule has 0 spiro atoms. The third kappa shape index (κ3) is 3.22. The van der Waals surface area contributed by atoms with Gasteiger partial charge >= 0.3 is 0 Å². The second kappa shape index (κ2) is 7.22. The van der Waals surface area contributed by atoms with Crippen LogP contribution in [0.3, 0.4) is 0 Å². The zero-order chi connectivity index (χ0) is 19.8. The Labute approximate surface area is 176 Å². The molecule has 0 aliphatic heterocycles. The molecular weight excluding hydrogens is 426 g/mol. The van der Waals surface area contributed by atoms with E-state index in [1.165, 1.54) is 0 Å². The normalized spacial score (nSPS) is 11.1. The molecule has 0 saturated heterocycles. The van der Waals surface area contributed by atoms with Crippen molar-refractivity contribution in [2.45, 2.75) is 0 Å². The molecule has 29 heavy (non-hydrogen) atoms. The third-order valence-corrected chi connectivity index (χ3v) is 5.49. The van der Waals surface area contributed by atoms with Gasteiger partial charge in [-0.2, -0.15) is 0 Å². The van der Waals surface area contributed by atoms with Gasteiger partial charge in [-0.15, -0.1) is 0 Å². The first-order chi connectivity index (χ1) is 14.2. The topological polar surface area (TPSA) is 42.2 Å². The SMILES string of the molecule is O=C(Nc1c(-c2ccc(Br)cc2)oc2ccc3ccccc3c12)c1ccccc1. The summed E-state index contributed by atoms with van der Waals surface area (Å²) in [5.74, 6) is 0.479. The molecule has 0 unspecified atom stereocenters. The molecule has 4 aromatic carbocycles. The van der Waals surface area contributed by atoms with E-state index < -0.39 is 0 Å². The van der Waals surface area contributed by atoms with Crippen molar-refractivity contribution >= 4 is 49.3 Å². The van der Waals surface area contributed by atoms with Crippen LogP contribution in [0.25, 0.3) is 33.1 Å². The number of amides is 1. The number of carbonyl (C=O) groups is 1. The van der Waals surface area contributed by atoms with Crippen LogP contribution >= 0.6 is 15.9 Å². The van der Waals surface area contributed by atoms with E-state index >= 15 is 0 Å². The number of hydrogen-bond donors (Lipinski definition) is 1. The van der Waals surface area contributed by atoms with Crippen molar-refractivity contribution in [3.63, 3.8) is 0 Å². The van der Waals surface area contributed by atoms with Crippen LogP contribution in [0.5, 0.6) is 0 Å². The van der Waals surface area contributed by atoms with Gasteiger partial charge in [-0.3, -0.25) is 4.79 Å². The predicted molar refractivity (Wildman–Crippen MR) is 121 cm³/mol. The average Bonchev–Trinajstić information content (AvgIpc) is 3.13. The number of carbonyl (C=O) groups excluding carboxylic acids is 1. The highest BCUT2D eigenvalue weighted by molar-refractivity contribution is 9.10. The molecule has 140 valence electrons. The van der Waals surface area contributed by atoms with Gasteiger partial charge in [0.2, 0.25) is 0 Å². The highest BCUT2D eigenvalue weighted by atomic mass is 79.9. The Morgan fingerprint density at radius 2 is 1.52 bits per heavy atom. The van der Waals surface area contributed by atoms with Crippen molar-refractivity contribution in [2.75, 3.05) is 5.32 Å². The quantitative estimate of drug-likeness (QED) is 0.319. The number of anilines is 1. The van der Waals surface area contributed by atoms with E-state index in [1.54, 1.807) is 12.1 Å². The molecule has 3 nitrogen and oxygen atoms in total. The summed E-state index contributed by atoms with van der Waals surface area (Å²) in [4.78, 5) is 13.0. The Morgan fingerprint density at radius 1 is 0.793 bits per heavy atom. The van der Waals surface area contributed by atoms with E-state index in [0.29, 0.717) is 17.0 Å². The lowest BCUT2D eigenvalue weighted by Gasteiger charge is -2.08. The Kier molecular flexibility index (Phi) is 4.41. The zero-order valence-corrected chi connectivity index (χ0v) is 16.9. The first kappa shape index (κ1) is 17.7. The molecule has 0 radical (unpaired) electrons. The van der Waals surface area contributed by atoms with Crippen molar-refractivity contribution in [1.82, 2.24) is 0 Å². The Bertz CT molecular complexity index is 1340. The number of hydrogen-bond acceptors (Lipinski definition) is 2. The van der Waals surface area contributed by atoms with Crippen molar-refractivity contribution in [3.05, 3.63) is 101 Å². The van der Waals surface area contributed by atoms with E-state index in [4.69, 9.17) is 4.42 Å². The minimum Gasteiger partial charge on any atom is -0.454 e. The van der Waals surface area contributed by atoms with E-state index in [0.717, 1.165) is 31.8 Å². The molecule has 1 N–H and O–H groups in total. The van der Waals surface area contributed by atoms with Crippen molar-refractivity contribution < 1.29 is 9.21 Å². The van der Waals surface area contributed by atoms with E-state index in [-0.39, 0.29) is 5.91 Å². The predicted octanol–water partition coefficient (Wildman–Crippen LogP) is 7.27. The zero-order valence-electron chi connectivity index (χ0n) is 15.4. The van der Waals surface area contributed by atoms with Crippen LogP contribution in [-0.4, -0.2) is 5.91 Å². The molecule has 4 heteroatoms. The number of fused-ring (bicyclic) bond motifs is 3. The fourth-order valence-corrected chi connectivity index (χ4v) is 3.83. The molecule has 5 aromatic rings. The Balaban J connectivity index is 1.75. The summed E-state index contributed by atoms with van der Waals surface area (Å²) < 4.78 is 7.22. The summed E-state index contributed by atoms with van der Waals surface area (Å²) in [6.45, 7) is 0.